The number of nitro benzene ring substituents is 1. The van der Waals surface area contributed by atoms with Gasteiger partial charge in [0.25, 0.3) is 11.2 Å². The van der Waals surface area contributed by atoms with Crippen molar-refractivity contribution in [1.82, 2.24) is 9.13 Å². The third kappa shape index (κ3) is 5.45. The van der Waals surface area contributed by atoms with Gasteiger partial charge in [-0.15, -0.1) is 0 Å². The van der Waals surface area contributed by atoms with E-state index in [-0.39, 0.29) is 23.4 Å². The number of carbonyl (C=O) groups excluding carboxylic acids is 1. The van der Waals surface area contributed by atoms with Crippen LogP contribution in [0.2, 0.25) is 0 Å². The average molecular weight is 635 g/mol. The van der Waals surface area contributed by atoms with Crippen molar-refractivity contribution in [2.24, 2.45) is 4.99 Å². The standard InChI is InChI=1S/C35H30N4O6S/c1-5-45-34(41)30-31(23-10-7-6-8-11-23)36-35-38(32(30)24-12-9-13-28(19-24)44-4)33(40)29(46-35)20-25-18-21(2)37(22(25)3)26-14-16-27(17-15-26)39(42)43/h6-20,32H,5H2,1-4H3/b29-20-/t32-/m1/s1. The zero-order valence-electron chi connectivity index (χ0n) is 25.6. The summed E-state index contributed by atoms with van der Waals surface area (Å²) in [5.74, 6) is 0.0265. The maximum Gasteiger partial charge on any atom is 0.338 e. The van der Waals surface area contributed by atoms with E-state index in [1.165, 1.54) is 23.5 Å². The Bertz CT molecular complexity index is 2190. The highest BCUT2D eigenvalue weighted by Crippen LogP contribution is 2.36. The van der Waals surface area contributed by atoms with E-state index >= 15 is 0 Å². The molecule has 11 heteroatoms. The predicted octanol–water partition coefficient (Wildman–Crippen LogP) is 5.26. The van der Waals surface area contributed by atoms with Crippen molar-refractivity contribution in [1.29, 1.82) is 0 Å². The van der Waals surface area contributed by atoms with E-state index < -0.39 is 16.9 Å². The van der Waals surface area contributed by atoms with E-state index in [9.17, 15) is 19.7 Å². The molecule has 0 aliphatic carbocycles. The fraction of sp³-hybridized carbons (Fsp3) is 0.171. The summed E-state index contributed by atoms with van der Waals surface area (Å²) in [5, 5.41) is 11.2. The molecule has 3 aromatic carbocycles. The molecule has 10 nitrogen and oxygen atoms in total. The molecule has 1 atom stereocenters. The lowest BCUT2D eigenvalue weighted by atomic mass is 9.93. The van der Waals surface area contributed by atoms with Gasteiger partial charge in [-0.05, 0) is 68.3 Å². The van der Waals surface area contributed by atoms with Crippen LogP contribution in [-0.2, 0) is 9.53 Å². The molecular formula is C35H30N4O6S. The van der Waals surface area contributed by atoms with Gasteiger partial charge in [-0.3, -0.25) is 19.5 Å². The molecule has 232 valence electrons. The van der Waals surface area contributed by atoms with Gasteiger partial charge in [0.1, 0.15) is 5.75 Å². The molecule has 1 aliphatic rings. The van der Waals surface area contributed by atoms with Crippen LogP contribution >= 0.6 is 11.3 Å². The zero-order valence-corrected chi connectivity index (χ0v) is 26.4. The minimum atomic E-state index is -0.824. The van der Waals surface area contributed by atoms with E-state index in [1.807, 2.05) is 79.1 Å². The largest absolute Gasteiger partial charge is 0.497 e. The van der Waals surface area contributed by atoms with Crippen LogP contribution < -0.4 is 19.6 Å². The number of aryl methyl sites for hydroxylation is 1. The Hall–Kier alpha value is -5.55. The molecule has 2 aromatic heterocycles. The number of aromatic nitrogens is 2. The first-order valence-corrected chi connectivity index (χ1v) is 15.4. The van der Waals surface area contributed by atoms with Crippen LogP contribution in [0.1, 0.15) is 41.0 Å². The van der Waals surface area contributed by atoms with E-state index in [1.54, 1.807) is 36.8 Å². The van der Waals surface area contributed by atoms with Crippen molar-refractivity contribution in [2.45, 2.75) is 26.8 Å². The van der Waals surface area contributed by atoms with Gasteiger partial charge in [0.15, 0.2) is 4.80 Å². The number of methoxy groups -OCH3 is 1. The van der Waals surface area contributed by atoms with E-state index in [0.717, 1.165) is 28.2 Å². The molecule has 0 N–H and O–H groups in total. The normalized spacial score (nSPS) is 14.5. The third-order valence-corrected chi connectivity index (χ3v) is 8.84. The maximum absolute atomic E-state index is 14.3. The van der Waals surface area contributed by atoms with E-state index in [0.29, 0.717) is 26.3 Å². The van der Waals surface area contributed by atoms with Gasteiger partial charge in [-0.25, -0.2) is 9.79 Å². The first kappa shape index (κ1) is 30.5. The van der Waals surface area contributed by atoms with Crippen molar-refractivity contribution in [2.75, 3.05) is 13.7 Å². The lowest BCUT2D eigenvalue weighted by molar-refractivity contribution is -0.384. The number of ether oxygens (including phenoxy) is 2. The Morgan fingerprint density at radius 1 is 1.04 bits per heavy atom. The molecular weight excluding hydrogens is 604 g/mol. The monoisotopic (exact) mass is 634 g/mol. The SMILES string of the molecule is CCOC(=O)C1=C(c2ccccc2)N=c2s/c(=C\c3cc(C)n(-c4ccc([N+](=O)[O-])cc4)c3C)c(=O)n2[C@@H]1c1cccc(OC)c1. The number of carbonyl (C=O) groups is 1. The highest BCUT2D eigenvalue weighted by atomic mass is 32.1. The Balaban J connectivity index is 1.58. The van der Waals surface area contributed by atoms with Crippen molar-refractivity contribution >= 4 is 34.8 Å². The van der Waals surface area contributed by atoms with E-state index in [4.69, 9.17) is 14.5 Å². The number of hydrogen-bond donors (Lipinski definition) is 0. The number of rotatable bonds is 8. The molecule has 1 aliphatic heterocycles. The molecule has 0 amide bonds. The first-order chi connectivity index (χ1) is 22.2. The van der Waals surface area contributed by atoms with Crippen LogP contribution in [0, 0.1) is 24.0 Å². The Kier molecular flexibility index (Phi) is 8.25. The molecule has 3 heterocycles. The fourth-order valence-corrected chi connectivity index (χ4v) is 6.75. The zero-order chi connectivity index (χ0) is 32.5. The molecule has 5 aromatic rings. The minimum absolute atomic E-state index is 0.00944. The van der Waals surface area contributed by atoms with Gasteiger partial charge in [0, 0.05) is 34.8 Å². The summed E-state index contributed by atoms with van der Waals surface area (Å²) in [6, 6.07) is 24.2. The smallest absolute Gasteiger partial charge is 0.338 e. The number of thiazole rings is 1. The van der Waals surface area contributed by atoms with Gasteiger partial charge >= 0.3 is 5.97 Å². The van der Waals surface area contributed by atoms with Crippen molar-refractivity contribution in [3.8, 4) is 11.4 Å². The fourth-order valence-electron chi connectivity index (χ4n) is 5.76. The highest BCUT2D eigenvalue weighted by molar-refractivity contribution is 7.07. The Morgan fingerprint density at radius 2 is 1.78 bits per heavy atom. The number of nitrogens with zero attached hydrogens (tertiary/aromatic N) is 4. The second-order valence-corrected chi connectivity index (χ2v) is 11.7. The van der Waals surface area contributed by atoms with Gasteiger partial charge in [-0.1, -0.05) is 53.8 Å². The molecule has 0 saturated carbocycles. The van der Waals surface area contributed by atoms with Crippen LogP contribution in [0.3, 0.4) is 0 Å². The summed E-state index contributed by atoms with van der Waals surface area (Å²) in [7, 11) is 1.56. The Labute approximate surface area is 268 Å². The van der Waals surface area contributed by atoms with Crippen molar-refractivity contribution in [3.05, 3.63) is 148 Å². The first-order valence-electron chi connectivity index (χ1n) is 14.6. The van der Waals surface area contributed by atoms with Crippen molar-refractivity contribution < 1.29 is 19.2 Å². The van der Waals surface area contributed by atoms with E-state index in [2.05, 4.69) is 0 Å². The second-order valence-electron chi connectivity index (χ2n) is 10.6. The Morgan fingerprint density at radius 3 is 2.46 bits per heavy atom. The van der Waals surface area contributed by atoms with Gasteiger partial charge in [-0.2, -0.15) is 0 Å². The lowest BCUT2D eigenvalue weighted by Crippen LogP contribution is -2.40. The number of hydrogen-bond acceptors (Lipinski definition) is 8. The molecule has 0 saturated heterocycles. The number of benzene rings is 3. The summed E-state index contributed by atoms with van der Waals surface area (Å²) in [5.41, 5.74) is 5.15. The number of nitro groups is 1. The number of fused-ring (bicyclic) bond motifs is 1. The maximum atomic E-state index is 14.3. The highest BCUT2D eigenvalue weighted by Gasteiger charge is 2.35. The minimum Gasteiger partial charge on any atom is -0.497 e. The molecule has 6 rings (SSSR count). The predicted molar refractivity (Wildman–Crippen MR) is 176 cm³/mol. The quantitative estimate of drug-likeness (QED) is 0.131. The summed E-state index contributed by atoms with van der Waals surface area (Å²) in [6.45, 7) is 5.77. The molecule has 0 bridgehead atoms. The van der Waals surface area contributed by atoms with Crippen LogP contribution in [0.25, 0.3) is 17.5 Å². The number of esters is 1. The summed E-state index contributed by atoms with van der Waals surface area (Å²) in [4.78, 5) is 44.1. The molecule has 0 radical (unpaired) electrons. The van der Waals surface area contributed by atoms with Crippen molar-refractivity contribution in [3.63, 3.8) is 0 Å². The summed E-state index contributed by atoms with van der Waals surface area (Å²) in [6.07, 6.45) is 1.83. The number of non-ortho nitro benzene ring substituents is 1. The molecule has 0 fully saturated rings. The summed E-state index contributed by atoms with van der Waals surface area (Å²) < 4.78 is 15.0. The second kappa shape index (κ2) is 12.4. The molecule has 0 spiro atoms. The van der Waals surface area contributed by atoms with Crippen LogP contribution in [0.4, 0.5) is 5.69 Å². The third-order valence-electron chi connectivity index (χ3n) is 7.86. The molecule has 0 unspecified atom stereocenters. The lowest BCUT2D eigenvalue weighted by Gasteiger charge is -2.26. The average Bonchev–Trinajstić information content (AvgIpc) is 3.53. The van der Waals surface area contributed by atoms with Crippen LogP contribution in [0.15, 0.2) is 100 Å². The van der Waals surface area contributed by atoms with Gasteiger partial charge < -0.3 is 14.0 Å². The van der Waals surface area contributed by atoms with Crippen LogP contribution in [-0.4, -0.2) is 33.7 Å². The van der Waals surface area contributed by atoms with Gasteiger partial charge in [0.05, 0.1) is 40.5 Å². The van der Waals surface area contributed by atoms with Gasteiger partial charge in [0.2, 0.25) is 0 Å². The van der Waals surface area contributed by atoms with Crippen LogP contribution in [0.5, 0.6) is 5.75 Å². The summed E-state index contributed by atoms with van der Waals surface area (Å²) >= 11 is 1.24. The topological polar surface area (TPSA) is 118 Å². The molecule has 46 heavy (non-hydrogen) atoms.